The van der Waals surface area contributed by atoms with Crippen LogP contribution in [-0.4, -0.2) is 52.9 Å². The Hall–Kier alpha value is -1.57. The number of hydrogen-bond acceptors (Lipinski definition) is 5. The summed E-state index contributed by atoms with van der Waals surface area (Å²) in [5.41, 5.74) is 0.675. The molecule has 3 unspecified atom stereocenters. The van der Waals surface area contributed by atoms with E-state index in [2.05, 4.69) is 24.3 Å². The zero-order chi connectivity index (χ0) is 22.9. The van der Waals surface area contributed by atoms with Gasteiger partial charge in [0, 0.05) is 19.0 Å². The van der Waals surface area contributed by atoms with Crippen molar-refractivity contribution in [1.82, 2.24) is 4.90 Å². The highest BCUT2D eigenvalue weighted by molar-refractivity contribution is 8.25. The van der Waals surface area contributed by atoms with Crippen LogP contribution in [-0.2, 0) is 8.82 Å². The van der Waals surface area contributed by atoms with Crippen molar-refractivity contribution >= 4 is 39.8 Å². The van der Waals surface area contributed by atoms with E-state index in [1.54, 1.807) is 7.11 Å². The van der Waals surface area contributed by atoms with Crippen LogP contribution in [0.1, 0.15) is 45.6 Å². The highest BCUT2D eigenvalue weighted by Crippen LogP contribution is 2.63. The van der Waals surface area contributed by atoms with Gasteiger partial charge in [-0.3, -0.25) is 0 Å². The van der Waals surface area contributed by atoms with Crippen molar-refractivity contribution in [3.8, 4) is 5.75 Å². The largest absolute Gasteiger partial charge is 0.497 e. The molecule has 32 heavy (non-hydrogen) atoms. The number of fused-ring (bicyclic) bond motifs is 1. The lowest BCUT2D eigenvalue weighted by Crippen LogP contribution is -2.49. The van der Waals surface area contributed by atoms with E-state index in [1.165, 1.54) is 5.56 Å². The van der Waals surface area contributed by atoms with Gasteiger partial charge in [0.05, 0.1) is 11.2 Å². The maximum Gasteiger partial charge on any atom is 0.410 e. The predicted octanol–water partition coefficient (Wildman–Crippen LogP) is 6.26. The number of rotatable bonds is 3. The predicted molar refractivity (Wildman–Crippen MR) is 136 cm³/mol. The summed E-state index contributed by atoms with van der Waals surface area (Å²) in [5, 5.41) is 2.28. The summed E-state index contributed by atoms with van der Waals surface area (Å²) in [6.07, 6.45) is 2.74. The van der Waals surface area contributed by atoms with Crippen molar-refractivity contribution in [3.05, 3.63) is 42.0 Å². The van der Waals surface area contributed by atoms with E-state index in [0.29, 0.717) is 13.1 Å². The highest BCUT2D eigenvalue weighted by atomic mass is 32.3. The minimum absolute atomic E-state index is 0.195. The standard InChI is InChI=1S/C25H35NO4S2/c1-24(2,3)30-23(27)26-12-5-7-21(17-26)25(31-13-6-14-32(25)28)20-10-8-19-16-22(29-4)11-9-18(19)15-20/h8-11,15-16,21,28,32H,5-7,12-14,17H2,1-4H3. The molecule has 7 heteroatoms. The van der Waals surface area contributed by atoms with E-state index in [-0.39, 0.29) is 16.1 Å². The average Bonchev–Trinajstić information content (AvgIpc) is 2.78. The van der Waals surface area contributed by atoms with Gasteiger partial charge in [0.15, 0.2) is 0 Å². The van der Waals surface area contributed by atoms with Gasteiger partial charge in [0.2, 0.25) is 0 Å². The fraction of sp³-hybridized carbons (Fsp3) is 0.560. The Labute approximate surface area is 198 Å². The number of piperidine rings is 1. The lowest BCUT2D eigenvalue weighted by atomic mass is 9.89. The van der Waals surface area contributed by atoms with Gasteiger partial charge in [-0.2, -0.15) is 0 Å². The van der Waals surface area contributed by atoms with Crippen LogP contribution in [0.25, 0.3) is 10.8 Å². The lowest BCUT2D eigenvalue weighted by molar-refractivity contribution is 0.0157. The van der Waals surface area contributed by atoms with Crippen molar-refractivity contribution in [2.45, 2.75) is 49.7 Å². The number of hydrogen-bond donors (Lipinski definition) is 2. The van der Waals surface area contributed by atoms with Gasteiger partial charge < -0.3 is 18.9 Å². The molecule has 0 radical (unpaired) electrons. The molecule has 2 aliphatic heterocycles. The maximum atomic E-state index is 12.8. The van der Waals surface area contributed by atoms with Crippen LogP contribution in [0.4, 0.5) is 4.79 Å². The first-order valence-electron chi connectivity index (χ1n) is 11.4. The third-order valence-electron chi connectivity index (χ3n) is 6.31. The molecule has 2 aromatic carbocycles. The molecule has 3 atom stereocenters. The van der Waals surface area contributed by atoms with E-state index in [4.69, 9.17) is 9.47 Å². The Morgan fingerprint density at radius 2 is 1.94 bits per heavy atom. The van der Waals surface area contributed by atoms with Crippen LogP contribution in [0.5, 0.6) is 5.75 Å². The van der Waals surface area contributed by atoms with Crippen LogP contribution in [0.15, 0.2) is 36.4 Å². The molecule has 2 heterocycles. The van der Waals surface area contributed by atoms with Crippen LogP contribution in [0.2, 0.25) is 0 Å². The maximum absolute atomic E-state index is 12.8. The summed E-state index contributed by atoms with van der Waals surface area (Å²) in [4.78, 5) is 14.7. The third-order valence-corrected chi connectivity index (χ3v) is 11.0. The molecule has 4 rings (SSSR count). The number of benzene rings is 2. The van der Waals surface area contributed by atoms with E-state index in [1.807, 2.05) is 49.6 Å². The molecule has 0 aliphatic carbocycles. The van der Waals surface area contributed by atoms with E-state index < -0.39 is 16.8 Å². The topological polar surface area (TPSA) is 59.0 Å². The second kappa shape index (κ2) is 9.35. The van der Waals surface area contributed by atoms with E-state index >= 15 is 0 Å². The first-order chi connectivity index (χ1) is 15.2. The van der Waals surface area contributed by atoms with E-state index in [9.17, 15) is 9.35 Å². The number of likely N-dealkylation sites (tertiary alicyclic amines) is 1. The zero-order valence-corrected chi connectivity index (χ0v) is 21.2. The molecule has 0 saturated carbocycles. The molecule has 0 aromatic heterocycles. The minimum atomic E-state index is -1.21. The Bertz CT molecular complexity index is 976. The first-order valence-corrected chi connectivity index (χ1v) is 13.9. The zero-order valence-electron chi connectivity index (χ0n) is 19.5. The molecule has 2 aliphatic rings. The highest BCUT2D eigenvalue weighted by Gasteiger charge is 2.49. The Kier molecular flexibility index (Phi) is 6.89. The molecule has 1 amide bonds. The van der Waals surface area contributed by atoms with Crippen LogP contribution in [0.3, 0.4) is 0 Å². The Morgan fingerprint density at radius 1 is 1.19 bits per heavy atom. The number of ether oxygens (including phenoxy) is 2. The molecule has 2 fully saturated rings. The van der Waals surface area contributed by atoms with Gasteiger partial charge in [-0.05, 0) is 86.1 Å². The fourth-order valence-electron chi connectivity index (χ4n) is 4.84. The van der Waals surface area contributed by atoms with Gasteiger partial charge >= 0.3 is 6.09 Å². The van der Waals surface area contributed by atoms with Crippen LogP contribution >= 0.6 is 22.9 Å². The molecule has 2 saturated heterocycles. The van der Waals surface area contributed by atoms with Crippen molar-refractivity contribution in [3.63, 3.8) is 0 Å². The molecular formula is C25H35NO4S2. The minimum Gasteiger partial charge on any atom is -0.497 e. The van der Waals surface area contributed by atoms with Crippen molar-refractivity contribution < 1.29 is 18.8 Å². The molecular weight excluding hydrogens is 442 g/mol. The molecule has 5 nitrogen and oxygen atoms in total. The van der Waals surface area contributed by atoms with Crippen LogP contribution in [0, 0.1) is 5.92 Å². The summed E-state index contributed by atoms with van der Waals surface area (Å²) in [7, 11) is 1.68. The molecule has 0 bridgehead atoms. The van der Waals surface area contributed by atoms with E-state index in [0.717, 1.165) is 47.3 Å². The quantitative estimate of drug-likeness (QED) is 0.511. The summed E-state index contributed by atoms with van der Waals surface area (Å²) in [6, 6.07) is 12.7. The summed E-state index contributed by atoms with van der Waals surface area (Å²) < 4.78 is 22.2. The number of carbonyl (C=O) groups excluding carboxylic acids is 1. The SMILES string of the molecule is COc1ccc2cc(C3(C4CCCN(C(=O)OC(C)(C)C)C4)SCCC[SH]3O)ccc2c1. The van der Waals surface area contributed by atoms with Gasteiger partial charge in [-0.25, -0.2) is 4.79 Å². The number of methoxy groups -OCH3 is 1. The Balaban J connectivity index is 1.69. The number of amides is 1. The number of carbonyl (C=O) groups is 1. The van der Waals surface area contributed by atoms with Gasteiger partial charge in [-0.15, -0.1) is 22.9 Å². The van der Waals surface area contributed by atoms with Gasteiger partial charge in [-0.1, -0.05) is 18.2 Å². The monoisotopic (exact) mass is 477 g/mol. The molecule has 1 N–H and O–H groups in total. The summed E-state index contributed by atoms with van der Waals surface area (Å²) >= 11 is 0.688. The van der Waals surface area contributed by atoms with Gasteiger partial charge in [0.25, 0.3) is 0 Å². The fourth-order valence-corrected chi connectivity index (χ4v) is 9.38. The average molecular weight is 478 g/mol. The number of thiol groups is 1. The number of nitrogens with zero attached hydrogens (tertiary/aromatic N) is 1. The smallest absolute Gasteiger partial charge is 0.410 e. The lowest BCUT2D eigenvalue weighted by Gasteiger charge is -2.51. The normalized spacial score (nSPS) is 27.8. The number of thioether (sulfide) groups is 1. The first kappa shape index (κ1) is 23.6. The van der Waals surface area contributed by atoms with Crippen molar-refractivity contribution in [2.24, 2.45) is 5.92 Å². The Morgan fingerprint density at radius 3 is 2.66 bits per heavy atom. The molecule has 2 aromatic rings. The van der Waals surface area contributed by atoms with Crippen molar-refractivity contribution in [2.75, 3.05) is 31.7 Å². The van der Waals surface area contributed by atoms with Gasteiger partial charge in [0.1, 0.15) is 11.4 Å². The third kappa shape index (κ3) is 4.70. The second-order valence-electron chi connectivity index (χ2n) is 9.71. The van der Waals surface area contributed by atoms with Crippen molar-refractivity contribution in [1.29, 1.82) is 0 Å². The summed E-state index contributed by atoms with van der Waals surface area (Å²) in [6.45, 7) is 7.06. The molecule has 0 spiro atoms. The molecule has 176 valence electrons. The summed E-state index contributed by atoms with van der Waals surface area (Å²) in [5.74, 6) is 2.92. The second-order valence-corrected chi connectivity index (χ2v) is 13.3. The van der Waals surface area contributed by atoms with Crippen LogP contribution < -0.4 is 4.74 Å².